The molecule has 0 saturated carbocycles. The number of nitrogens with one attached hydrogen (secondary N) is 2. The lowest BCUT2D eigenvalue weighted by Gasteiger charge is -2.27. The van der Waals surface area contributed by atoms with E-state index in [-0.39, 0.29) is 11.5 Å². The molecule has 25 heavy (non-hydrogen) atoms. The number of aryl methyl sites for hydroxylation is 1. The minimum Gasteiger partial charge on any atom is -0.497 e. The van der Waals surface area contributed by atoms with Crippen LogP contribution >= 0.6 is 0 Å². The SMILES string of the molecule is COc1ccc2[nH]c(C(=O)N3CCc4c(nc[nH]c4=O)C3)c(C)c2c1. The molecule has 0 aliphatic carbocycles. The first-order valence-corrected chi connectivity index (χ1v) is 8.09. The molecule has 7 nitrogen and oxygen atoms in total. The molecule has 3 heterocycles. The van der Waals surface area contributed by atoms with Crippen LogP contribution in [0.4, 0.5) is 0 Å². The first-order valence-electron chi connectivity index (χ1n) is 8.09. The Hall–Kier alpha value is -3.09. The van der Waals surface area contributed by atoms with Gasteiger partial charge in [-0.3, -0.25) is 9.59 Å². The molecule has 1 aliphatic heterocycles. The lowest BCUT2D eigenvalue weighted by molar-refractivity contribution is 0.0725. The summed E-state index contributed by atoms with van der Waals surface area (Å²) in [6.45, 7) is 2.77. The minimum atomic E-state index is -0.119. The highest BCUT2D eigenvalue weighted by molar-refractivity contribution is 6.01. The number of fused-ring (bicyclic) bond motifs is 2. The van der Waals surface area contributed by atoms with Crippen LogP contribution < -0.4 is 10.3 Å². The maximum Gasteiger partial charge on any atom is 0.270 e. The topological polar surface area (TPSA) is 91.1 Å². The predicted octanol–water partition coefficient (Wildman–Crippen LogP) is 1.77. The van der Waals surface area contributed by atoms with Gasteiger partial charge in [0.2, 0.25) is 0 Å². The fourth-order valence-electron chi connectivity index (χ4n) is 3.34. The Morgan fingerprint density at radius 2 is 2.20 bits per heavy atom. The molecule has 2 N–H and O–H groups in total. The Balaban J connectivity index is 1.69. The van der Waals surface area contributed by atoms with Crippen molar-refractivity contribution in [2.24, 2.45) is 0 Å². The van der Waals surface area contributed by atoms with Gasteiger partial charge in [0.1, 0.15) is 11.4 Å². The number of hydrogen-bond donors (Lipinski definition) is 2. The van der Waals surface area contributed by atoms with E-state index in [4.69, 9.17) is 4.74 Å². The lowest BCUT2D eigenvalue weighted by Crippen LogP contribution is -2.39. The molecule has 7 heteroatoms. The van der Waals surface area contributed by atoms with Crippen molar-refractivity contribution in [1.29, 1.82) is 0 Å². The Morgan fingerprint density at radius 3 is 3.00 bits per heavy atom. The number of aromatic nitrogens is 3. The van der Waals surface area contributed by atoms with Gasteiger partial charge in [-0.25, -0.2) is 4.98 Å². The normalized spacial score (nSPS) is 13.8. The number of amides is 1. The summed E-state index contributed by atoms with van der Waals surface area (Å²) < 4.78 is 5.26. The molecular formula is C18H18N4O3. The van der Waals surface area contributed by atoms with E-state index in [2.05, 4.69) is 15.0 Å². The molecule has 3 aromatic rings. The molecule has 1 aliphatic rings. The number of rotatable bonds is 2. The lowest BCUT2D eigenvalue weighted by atomic mass is 10.1. The van der Waals surface area contributed by atoms with Crippen LogP contribution in [0.25, 0.3) is 10.9 Å². The first-order chi connectivity index (χ1) is 12.1. The van der Waals surface area contributed by atoms with E-state index >= 15 is 0 Å². The number of aromatic amines is 2. The number of hydrogen-bond acceptors (Lipinski definition) is 4. The second kappa shape index (κ2) is 5.77. The third kappa shape index (κ3) is 2.48. The second-order valence-corrected chi connectivity index (χ2v) is 6.17. The third-order valence-electron chi connectivity index (χ3n) is 4.78. The van der Waals surface area contributed by atoms with Crippen LogP contribution in [0.1, 0.15) is 27.3 Å². The van der Waals surface area contributed by atoms with Crippen molar-refractivity contribution in [3.63, 3.8) is 0 Å². The average molecular weight is 338 g/mol. The van der Waals surface area contributed by atoms with Crippen LogP contribution in [0.15, 0.2) is 29.3 Å². The van der Waals surface area contributed by atoms with Gasteiger partial charge < -0.3 is 19.6 Å². The van der Waals surface area contributed by atoms with Gasteiger partial charge in [0.25, 0.3) is 11.5 Å². The summed E-state index contributed by atoms with van der Waals surface area (Å²) in [5.74, 6) is 0.671. The molecular weight excluding hydrogens is 320 g/mol. The van der Waals surface area contributed by atoms with Crippen molar-refractivity contribution < 1.29 is 9.53 Å². The zero-order valence-corrected chi connectivity index (χ0v) is 14.0. The molecule has 0 spiro atoms. The van der Waals surface area contributed by atoms with Gasteiger partial charge >= 0.3 is 0 Å². The molecule has 0 fully saturated rings. The Labute approximate surface area is 143 Å². The fraction of sp³-hybridized carbons (Fsp3) is 0.278. The fourth-order valence-corrected chi connectivity index (χ4v) is 3.34. The summed E-state index contributed by atoms with van der Waals surface area (Å²) in [6, 6.07) is 5.69. The molecule has 4 rings (SSSR count). The highest BCUT2D eigenvalue weighted by Gasteiger charge is 2.26. The van der Waals surface area contributed by atoms with E-state index in [1.165, 1.54) is 6.33 Å². The first kappa shape index (κ1) is 15.4. The summed E-state index contributed by atoms with van der Waals surface area (Å²) in [5, 5.41) is 0.967. The van der Waals surface area contributed by atoms with Crippen molar-refractivity contribution >= 4 is 16.8 Å². The van der Waals surface area contributed by atoms with Gasteiger partial charge in [-0.15, -0.1) is 0 Å². The second-order valence-electron chi connectivity index (χ2n) is 6.17. The Kier molecular flexibility index (Phi) is 3.56. The van der Waals surface area contributed by atoms with Gasteiger partial charge in [0.05, 0.1) is 25.7 Å². The smallest absolute Gasteiger partial charge is 0.270 e. The summed E-state index contributed by atoms with van der Waals surface area (Å²) in [5.41, 5.74) is 3.57. The molecule has 0 atom stereocenters. The van der Waals surface area contributed by atoms with E-state index in [1.807, 2.05) is 25.1 Å². The van der Waals surface area contributed by atoms with Gasteiger partial charge in [-0.05, 0) is 37.1 Å². The number of ether oxygens (including phenoxy) is 1. The number of nitrogens with zero attached hydrogens (tertiary/aromatic N) is 2. The van der Waals surface area contributed by atoms with Crippen LogP contribution in [0.5, 0.6) is 5.75 Å². The van der Waals surface area contributed by atoms with E-state index < -0.39 is 0 Å². The maximum atomic E-state index is 13.0. The van der Waals surface area contributed by atoms with Gasteiger partial charge in [-0.1, -0.05) is 0 Å². The van der Waals surface area contributed by atoms with Crippen LogP contribution in [0, 0.1) is 6.92 Å². The van der Waals surface area contributed by atoms with Crippen LogP contribution in [-0.2, 0) is 13.0 Å². The number of carbonyl (C=O) groups is 1. The molecule has 0 saturated heterocycles. The van der Waals surface area contributed by atoms with E-state index in [0.717, 1.165) is 22.2 Å². The van der Waals surface area contributed by atoms with E-state index in [0.29, 0.717) is 36.5 Å². The van der Waals surface area contributed by atoms with E-state index in [9.17, 15) is 9.59 Å². The zero-order chi connectivity index (χ0) is 17.6. The molecule has 1 aromatic carbocycles. The van der Waals surface area contributed by atoms with Crippen LogP contribution in [0.3, 0.4) is 0 Å². The molecule has 0 radical (unpaired) electrons. The predicted molar refractivity (Wildman–Crippen MR) is 92.9 cm³/mol. The van der Waals surface area contributed by atoms with E-state index in [1.54, 1.807) is 12.0 Å². The molecule has 2 aromatic heterocycles. The molecule has 0 unspecified atom stereocenters. The third-order valence-corrected chi connectivity index (χ3v) is 4.78. The van der Waals surface area contributed by atoms with Crippen molar-refractivity contribution in [3.8, 4) is 5.75 Å². The monoisotopic (exact) mass is 338 g/mol. The van der Waals surface area contributed by atoms with Gasteiger partial charge in [-0.2, -0.15) is 0 Å². The van der Waals surface area contributed by atoms with Crippen LogP contribution in [-0.4, -0.2) is 39.4 Å². The van der Waals surface area contributed by atoms with Crippen molar-refractivity contribution in [2.45, 2.75) is 19.9 Å². The van der Waals surface area contributed by atoms with Crippen LogP contribution in [0.2, 0.25) is 0 Å². The maximum absolute atomic E-state index is 13.0. The highest BCUT2D eigenvalue weighted by Crippen LogP contribution is 2.27. The minimum absolute atomic E-state index is 0.0830. The number of carbonyl (C=O) groups excluding carboxylic acids is 1. The van der Waals surface area contributed by atoms with Crippen molar-refractivity contribution in [1.82, 2.24) is 19.9 Å². The standard InChI is InChI=1S/C18H18N4O3/c1-10-13-7-11(25-2)3-4-14(13)21-16(10)18(24)22-6-5-12-15(8-22)19-9-20-17(12)23/h3-4,7,9,21H,5-6,8H2,1-2H3,(H,19,20,23). The Morgan fingerprint density at radius 1 is 1.36 bits per heavy atom. The van der Waals surface area contributed by atoms with Crippen molar-refractivity contribution in [2.75, 3.05) is 13.7 Å². The summed E-state index contributed by atoms with van der Waals surface area (Å²) in [4.78, 5) is 36.6. The summed E-state index contributed by atoms with van der Waals surface area (Å²) in [7, 11) is 1.62. The quantitative estimate of drug-likeness (QED) is 0.745. The Bertz CT molecular complexity index is 1030. The molecule has 0 bridgehead atoms. The number of benzene rings is 1. The largest absolute Gasteiger partial charge is 0.497 e. The highest BCUT2D eigenvalue weighted by atomic mass is 16.5. The van der Waals surface area contributed by atoms with Crippen molar-refractivity contribution in [3.05, 3.63) is 57.4 Å². The van der Waals surface area contributed by atoms with Gasteiger partial charge in [0.15, 0.2) is 0 Å². The molecule has 128 valence electrons. The molecule has 1 amide bonds. The zero-order valence-electron chi connectivity index (χ0n) is 14.0. The number of H-pyrrole nitrogens is 2. The summed E-state index contributed by atoms with van der Waals surface area (Å²) in [6.07, 6.45) is 1.90. The van der Waals surface area contributed by atoms with Gasteiger partial charge in [0, 0.05) is 23.0 Å². The summed E-state index contributed by atoms with van der Waals surface area (Å²) >= 11 is 0. The average Bonchev–Trinajstić information content (AvgIpc) is 2.97. The number of methoxy groups -OCH3 is 1.